The van der Waals surface area contributed by atoms with Gasteiger partial charge in [-0.3, -0.25) is 4.98 Å². The SMILES string of the molecule is Cc1cc2ccncc2cc1-c1cccc2c1OCCO2. The molecular weight excluding hydrogens is 262 g/mol. The fraction of sp³-hybridized carbons (Fsp3) is 0.167. The number of rotatable bonds is 1. The molecule has 2 heterocycles. The molecule has 1 aliphatic rings. The van der Waals surface area contributed by atoms with E-state index in [1.165, 1.54) is 10.9 Å². The summed E-state index contributed by atoms with van der Waals surface area (Å²) in [6.45, 7) is 3.33. The summed E-state index contributed by atoms with van der Waals surface area (Å²) in [5.41, 5.74) is 3.46. The zero-order chi connectivity index (χ0) is 14.2. The summed E-state index contributed by atoms with van der Waals surface area (Å²) in [4.78, 5) is 4.21. The second-order valence-electron chi connectivity index (χ2n) is 5.22. The molecular formula is C18H15NO2. The van der Waals surface area contributed by atoms with Gasteiger partial charge in [0.2, 0.25) is 0 Å². The second-order valence-corrected chi connectivity index (χ2v) is 5.22. The molecule has 1 aliphatic heterocycles. The monoisotopic (exact) mass is 277 g/mol. The van der Waals surface area contributed by atoms with E-state index in [2.05, 4.69) is 30.1 Å². The first-order valence-corrected chi connectivity index (χ1v) is 7.06. The van der Waals surface area contributed by atoms with Crippen LogP contribution >= 0.6 is 0 Å². The Morgan fingerprint density at radius 1 is 0.952 bits per heavy atom. The maximum absolute atomic E-state index is 5.84. The fourth-order valence-corrected chi connectivity index (χ4v) is 2.83. The number of hydrogen-bond donors (Lipinski definition) is 0. The summed E-state index contributed by atoms with van der Waals surface area (Å²) in [5, 5.41) is 2.33. The van der Waals surface area contributed by atoms with Crippen molar-refractivity contribution in [3.05, 3.63) is 54.4 Å². The van der Waals surface area contributed by atoms with Crippen molar-refractivity contribution in [3.63, 3.8) is 0 Å². The number of benzene rings is 2. The number of aryl methyl sites for hydroxylation is 1. The lowest BCUT2D eigenvalue weighted by Gasteiger charge is -2.21. The van der Waals surface area contributed by atoms with Crippen LogP contribution in [0, 0.1) is 6.92 Å². The van der Waals surface area contributed by atoms with Crippen molar-refractivity contribution < 1.29 is 9.47 Å². The van der Waals surface area contributed by atoms with Gasteiger partial charge in [-0.25, -0.2) is 0 Å². The molecule has 0 unspecified atom stereocenters. The van der Waals surface area contributed by atoms with Gasteiger partial charge >= 0.3 is 0 Å². The van der Waals surface area contributed by atoms with Crippen LogP contribution < -0.4 is 9.47 Å². The van der Waals surface area contributed by atoms with Crippen LogP contribution in [0.1, 0.15) is 5.56 Å². The molecule has 0 atom stereocenters. The highest BCUT2D eigenvalue weighted by molar-refractivity contribution is 5.90. The van der Waals surface area contributed by atoms with Crippen LogP contribution in [-0.4, -0.2) is 18.2 Å². The Balaban J connectivity index is 1.96. The van der Waals surface area contributed by atoms with Gasteiger partial charge in [0.1, 0.15) is 13.2 Å². The topological polar surface area (TPSA) is 31.4 Å². The van der Waals surface area contributed by atoms with Gasteiger partial charge in [0.15, 0.2) is 11.5 Å². The highest BCUT2D eigenvalue weighted by atomic mass is 16.6. The molecule has 0 saturated heterocycles. The Kier molecular flexibility index (Phi) is 2.78. The zero-order valence-electron chi connectivity index (χ0n) is 11.8. The van der Waals surface area contributed by atoms with Crippen LogP contribution in [0.5, 0.6) is 11.5 Å². The quantitative estimate of drug-likeness (QED) is 0.674. The maximum atomic E-state index is 5.84. The maximum Gasteiger partial charge on any atom is 0.169 e. The summed E-state index contributed by atoms with van der Waals surface area (Å²) in [6, 6.07) is 12.4. The number of nitrogens with zero attached hydrogens (tertiary/aromatic N) is 1. The largest absolute Gasteiger partial charge is 0.486 e. The molecule has 104 valence electrons. The van der Waals surface area contributed by atoms with E-state index in [4.69, 9.17) is 9.47 Å². The zero-order valence-corrected chi connectivity index (χ0v) is 11.8. The lowest BCUT2D eigenvalue weighted by Crippen LogP contribution is -2.15. The lowest BCUT2D eigenvalue weighted by atomic mass is 9.96. The van der Waals surface area contributed by atoms with Gasteiger partial charge in [0.05, 0.1) is 0 Å². The highest BCUT2D eigenvalue weighted by Gasteiger charge is 2.18. The average molecular weight is 277 g/mol. The Labute approximate surface area is 123 Å². The van der Waals surface area contributed by atoms with Crippen molar-refractivity contribution >= 4 is 10.8 Å². The van der Waals surface area contributed by atoms with Crippen LogP contribution in [0.3, 0.4) is 0 Å². The van der Waals surface area contributed by atoms with Crippen LogP contribution in [0.25, 0.3) is 21.9 Å². The number of pyridine rings is 1. The molecule has 3 aromatic rings. The van der Waals surface area contributed by atoms with E-state index < -0.39 is 0 Å². The van der Waals surface area contributed by atoms with Crippen molar-refractivity contribution in [3.8, 4) is 22.6 Å². The van der Waals surface area contributed by atoms with Gasteiger partial charge in [-0.2, -0.15) is 0 Å². The minimum atomic E-state index is 0.595. The van der Waals surface area contributed by atoms with Crippen LogP contribution in [0.4, 0.5) is 0 Å². The summed E-state index contributed by atoms with van der Waals surface area (Å²) >= 11 is 0. The number of para-hydroxylation sites is 1. The predicted molar refractivity (Wildman–Crippen MR) is 82.9 cm³/mol. The number of fused-ring (bicyclic) bond motifs is 2. The van der Waals surface area contributed by atoms with Gasteiger partial charge in [-0.05, 0) is 41.6 Å². The van der Waals surface area contributed by atoms with Crippen molar-refractivity contribution in [2.45, 2.75) is 6.92 Å². The lowest BCUT2D eigenvalue weighted by molar-refractivity contribution is 0.172. The van der Waals surface area contributed by atoms with Crippen LogP contribution in [0.2, 0.25) is 0 Å². The van der Waals surface area contributed by atoms with Crippen molar-refractivity contribution in [1.29, 1.82) is 0 Å². The Bertz CT molecular complexity index is 827. The minimum absolute atomic E-state index is 0.595. The van der Waals surface area contributed by atoms with Crippen molar-refractivity contribution in [2.24, 2.45) is 0 Å². The predicted octanol–water partition coefficient (Wildman–Crippen LogP) is 3.98. The van der Waals surface area contributed by atoms with E-state index in [1.54, 1.807) is 0 Å². The normalized spacial score (nSPS) is 13.4. The fourth-order valence-electron chi connectivity index (χ4n) is 2.83. The van der Waals surface area contributed by atoms with E-state index in [1.807, 2.05) is 30.6 Å². The van der Waals surface area contributed by atoms with Gasteiger partial charge < -0.3 is 9.47 Å². The molecule has 0 radical (unpaired) electrons. The number of aromatic nitrogens is 1. The summed E-state index contributed by atoms with van der Waals surface area (Å²) < 4.78 is 11.5. The molecule has 0 spiro atoms. The van der Waals surface area contributed by atoms with E-state index in [-0.39, 0.29) is 0 Å². The first-order valence-electron chi connectivity index (χ1n) is 7.06. The molecule has 4 rings (SSSR count). The Morgan fingerprint density at radius 3 is 2.81 bits per heavy atom. The molecule has 0 saturated carbocycles. The van der Waals surface area contributed by atoms with Gasteiger partial charge in [0.25, 0.3) is 0 Å². The van der Waals surface area contributed by atoms with Crippen molar-refractivity contribution in [1.82, 2.24) is 4.98 Å². The average Bonchev–Trinajstić information content (AvgIpc) is 2.54. The molecule has 3 heteroatoms. The Morgan fingerprint density at radius 2 is 1.86 bits per heavy atom. The van der Waals surface area contributed by atoms with Crippen molar-refractivity contribution in [2.75, 3.05) is 13.2 Å². The molecule has 0 bridgehead atoms. The summed E-state index contributed by atoms with van der Waals surface area (Å²) in [7, 11) is 0. The molecule has 0 fully saturated rings. The summed E-state index contributed by atoms with van der Waals surface area (Å²) in [5.74, 6) is 1.67. The number of ether oxygens (including phenoxy) is 2. The molecule has 1 aromatic heterocycles. The minimum Gasteiger partial charge on any atom is -0.486 e. The molecule has 0 N–H and O–H groups in total. The van der Waals surface area contributed by atoms with Crippen LogP contribution in [0.15, 0.2) is 48.8 Å². The number of hydrogen-bond acceptors (Lipinski definition) is 3. The van der Waals surface area contributed by atoms with E-state index in [0.29, 0.717) is 13.2 Å². The standard InChI is InChI=1S/C18H15NO2/c1-12-9-13-5-6-19-11-14(13)10-16(12)15-3-2-4-17-18(15)21-8-7-20-17/h2-6,9-11H,7-8H2,1H3. The molecule has 3 nitrogen and oxygen atoms in total. The Hall–Kier alpha value is -2.55. The third-order valence-electron chi connectivity index (χ3n) is 3.84. The molecule has 21 heavy (non-hydrogen) atoms. The first kappa shape index (κ1) is 12.2. The molecule has 2 aromatic carbocycles. The van der Waals surface area contributed by atoms with Gasteiger partial charge in [0, 0.05) is 23.3 Å². The first-order chi connectivity index (χ1) is 10.3. The van der Waals surface area contributed by atoms with Gasteiger partial charge in [-0.1, -0.05) is 18.2 Å². The summed E-state index contributed by atoms with van der Waals surface area (Å²) in [6.07, 6.45) is 3.72. The van der Waals surface area contributed by atoms with E-state index in [9.17, 15) is 0 Å². The van der Waals surface area contributed by atoms with Crippen LogP contribution in [-0.2, 0) is 0 Å². The van der Waals surface area contributed by atoms with E-state index in [0.717, 1.165) is 28.0 Å². The third kappa shape index (κ3) is 2.02. The molecule has 0 aliphatic carbocycles. The van der Waals surface area contributed by atoms with Gasteiger partial charge in [-0.15, -0.1) is 0 Å². The van der Waals surface area contributed by atoms with E-state index >= 15 is 0 Å². The third-order valence-corrected chi connectivity index (χ3v) is 3.84. The smallest absolute Gasteiger partial charge is 0.169 e. The second kappa shape index (κ2) is 4.77. The molecule has 0 amide bonds. The highest BCUT2D eigenvalue weighted by Crippen LogP contribution is 2.41.